The van der Waals surface area contributed by atoms with E-state index in [4.69, 9.17) is 4.74 Å². The molecule has 1 N–H and O–H groups in total. The van der Waals surface area contributed by atoms with Crippen LogP contribution in [0.25, 0.3) is 0 Å². The highest BCUT2D eigenvalue weighted by molar-refractivity contribution is 5.82. The van der Waals surface area contributed by atoms with Crippen LogP contribution in [0.1, 0.15) is 18.9 Å². The van der Waals surface area contributed by atoms with Gasteiger partial charge in [0, 0.05) is 52.3 Å². The first-order chi connectivity index (χ1) is 14.8. The number of carbonyl (C=O) groups is 2. The number of methoxy groups -OCH3 is 1. The van der Waals surface area contributed by atoms with Crippen LogP contribution in [0.3, 0.4) is 0 Å². The summed E-state index contributed by atoms with van der Waals surface area (Å²) in [4.78, 5) is 29.9. The average molecular weight is 439 g/mol. The number of likely N-dealkylation sites (N-methyl/N-ethyl adjacent to an activating group) is 1. The quantitative estimate of drug-likeness (QED) is 0.595. The molecule has 0 spiro atoms. The third-order valence-electron chi connectivity index (χ3n) is 5.98. The summed E-state index contributed by atoms with van der Waals surface area (Å²) in [7, 11) is 1.44. The van der Waals surface area contributed by atoms with Gasteiger partial charge in [-0.25, -0.2) is 8.78 Å². The minimum atomic E-state index is -2.90. The molecule has 0 aromatic heterocycles. The molecule has 2 heterocycles. The van der Waals surface area contributed by atoms with E-state index in [-0.39, 0.29) is 24.5 Å². The first kappa shape index (κ1) is 23.6. The van der Waals surface area contributed by atoms with Gasteiger partial charge < -0.3 is 15.0 Å². The van der Waals surface area contributed by atoms with Crippen LogP contribution in [0, 0.1) is 0 Å². The van der Waals surface area contributed by atoms with E-state index in [0.717, 1.165) is 13.1 Å². The number of hydrogen-bond acceptors (Lipinski definition) is 5. The Balaban J connectivity index is 1.49. The molecule has 0 saturated carbocycles. The van der Waals surface area contributed by atoms with Crippen LogP contribution in [-0.4, -0.2) is 97.5 Å². The number of carbonyl (C=O) groups excluding carboxylic acids is 2. The summed E-state index contributed by atoms with van der Waals surface area (Å²) in [6.45, 7) is 4.92. The largest absolute Gasteiger partial charge is 0.375 e. The predicted octanol–water partition coefficient (Wildman–Crippen LogP) is 1.19. The van der Waals surface area contributed by atoms with Gasteiger partial charge in [-0.2, -0.15) is 0 Å². The lowest BCUT2D eigenvalue weighted by molar-refractivity contribution is -0.144. The fourth-order valence-electron chi connectivity index (χ4n) is 4.20. The van der Waals surface area contributed by atoms with Gasteiger partial charge in [-0.1, -0.05) is 37.3 Å². The van der Waals surface area contributed by atoms with Gasteiger partial charge in [0.1, 0.15) is 6.61 Å². The SMILES string of the molecule is CCN(CCNC(=O)[C@@H]1CC(F)(F)CN1C1CN(C(=O)COC)C1)Cc1ccccc1. The summed E-state index contributed by atoms with van der Waals surface area (Å²) in [5.74, 6) is -3.43. The number of halogens is 2. The van der Waals surface area contributed by atoms with Gasteiger partial charge in [0.05, 0.1) is 12.6 Å². The summed E-state index contributed by atoms with van der Waals surface area (Å²) >= 11 is 0. The highest BCUT2D eigenvalue weighted by Gasteiger charge is 2.52. The van der Waals surface area contributed by atoms with Gasteiger partial charge in [-0.15, -0.1) is 0 Å². The molecular weight excluding hydrogens is 406 g/mol. The maximum absolute atomic E-state index is 14.1. The molecule has 0 aliphatic carbocycles. The third-order valence-corrected chi connectivity index (χ3v) is 5.98. The Kier molecular flexibility index (Phi) is 7.96. The minimum Gasteiger partial charge on any atom is -0.375 e. The van der Waals surface area contributed by atoms with Gasteiger partial charge in [-0.3, -0.25) is 19.4 Å². The van der Waals surface area contributed by atoms with E-state index in [9.17, 15) is 18.4 Å². The van der Waals surface area contributed by atoms with E-state index >= 15 is 0 Å². The fourth-order valence-corrected chi connectivity index (χ4v) is 4.20. The number of alkyl halides is 2. The first-order valence-corrected chi connectivity index (χ1v) is 10.8. The van der Waals surface area contributed by atoms with Crippen molar-refractivity contribution in [3.05, 3.63) is 35.9 Å². The van der Waals surface area contributed by atoms with Crippen molar-refractivity contribution in [3.8, 4) is 0 Å². The smallest absolute Gasteiger partial charge is 0.262 e. The molecule has 3 rings (SSSR count). The Bertz CT molecular complexity index is 744. The second-order valence-electron chi connectivity index (χ2n) is 8.28. The van der Waals surface area contributed by atoms with Crippen molar-refractivity contribution >= 4 is 11.8 Å². The molecule has 31 heavy (non-hydrogen) atoms. The van der Waals surface area contributed by atoms with Crippen LogP contribution in [0.2, 0.25) is 0 Å². The molecule has 9 heteroatoms. The maximum Gasteiger partial charge on any atom is 0.262 e. The Morgan fingerprint density at radius 3 is 2.61 bits per heavy atom. The standard InChI is InChI=1S/C22H32F2N4O3/c1-3-26(12-17-7-5-4-6-8-17)10-9-25-21(30)19-11-22(23,24)16-28(19)18-13-27(14-18)20(29)15-31-2/h4-8,18-19H,3,9-16H2,1-2H3,(H,25,30)/t19-/m0/s1. The molecule has 1 aromatic carbocycles. The molecular formula is C22H32F2N4O3. The number of ether oxygens (including phenoxy) is 1. The van der Waals surface area contributed by atoms with E-state index in [1.54, 1.807) is 9.80 Å². The van der Waals surface area contributed by atoms with Gasteiger partial charge in [0.25, 0.3) is 5.92 Å². The molecule has 172 valence electrons. The molecule has 0 unspecified atom stereocenters. The van der Waals surface area contributed by atoms with Crippen molar-refractivity contribution < 1.29 is 23.1 Å². The van der Waals surface area contributed by atoms with Crippen molar-refractivity contribution in [3.63, 3.8) is 0 Å². The van der Waals surface area contributed by atoms with Gasteiger partial charge in [-0.05, 0) is 12.1 Å². The summed E-state index contributed by atoms with van der Waals surface area (Å²) in [5.41, 5.74) is 1.19. The monoisotopic (exact) mass is 438 g/mol. The topological polar surface area (TPSA) is 65.1 Å². The second-order valence-corrected chi connectivity index (χ2v) is 8.28. The summed E-state index contributed by atoms with van der Waals surface area (Å²) < 4.78 is 33.1. The normalized spacial score (nSPS) is 21.3. The van der Waals surface area contributed by atoms with Crippen LogP contribution in [0.5, 0.6) is 0 Å². The number of hydrogen-bond donors (Lipinski definition) is 1. The van der Waals surface area contributed by atoms with Crippen LogP contribution in [0.15, 0.2) is 30.3 Å². The van der Waals surface area contributed by atoms with Gasteiger partial charge >= 0.3 is 0 Å². The molecule has 0 radical (unpaired) electrons. The van der Waals surface area contributed by atoms with Crippen LogP contribution in [0.4, 0.5) is 8.78 Å². The fraction of sp³-hybridized carbons (Fsp3) is 0.636. The molecule has 2 aliphatic rings. The number of rotatable bonds is 10. The maximum atomic E-state index is 14.1. The highest BCUT2D eigenvalue weighted by atomic mass is 19.3. The number of nitrogens with one attached hydrogen (secondary N) is 1. The first-order valence-electron chi connectivity index (χ1n) is 10.8. The number of amides is 2. The van der Waals surface area contributed by atoms with E-state index in [0.29, 0.717) is 26.2 Å². The highest BCUT2D eigenvalue weighted by Crippen LogP contribution is 2.35. The van der Waals surface area contributed by atoms with E-state index in [1.165, 1.54) is 12.7 Å². The molecule has 1 aromatic rings. The Hall–Kier alpha value is -2.10. The Morgan fingerprint density at radius 2 is 1.97 bits per heavy atom. The van der Waals surface area contributed by atoms with Crippen molar-refractivity contribution in [2.75, 3.05) is 53.0 Å². The molecule has 2 saturated heterocycles. The van der Waals surface area contributed by atoms with E-state index in [2.05, 4.69) is 29.3 Å². The van der Waals surface area contributed by atoms with Crippen molar-refractivity contribution in [2.24, 2.45) is 0 Å². The van der Waals surface area contributed by atoms with Crippen LogP contribution < -0.4 is 5.32 Å². The van der Waals surface area contributed by atoms with E-state index in [1.807, 2.05) is 18.2 Å². The lowest BCUT2D eigenvalue weighted by Crippen LogP contribution is -2.64. The lowest BCUT2D eigenvalue weighted by Gasteiger charge is -2.45. The predicted molar refractivity (Wildman–Crippen MR) is 113 cm³/mol. The zero-order valence-electron chi connectivity index (χ0n) is 18.2. The van der Waals surface area contributed by atoms with Gasteiger partial charge in [0.15, 0.2) is 0 Å². The van der Waals surface area contributed by atoms with Gasteiger partial charge in [0.2, 0.25) is 11.8 Å². The molecule has 2 fully saturated rings. The lowest BCUT2D eigenvalue weighted by atomic mass is 10.1. The zero-order valence-corrected chi connectivity index (χ0v) is 18.2. The Labute approximate surface area is 182 Å². The summed E-state index contributed by atoms with van der Waals surface area (Å²) in [6, 6.07) is 8.96. The van der Waals surface area contributed by atoms with Crippen molar-refractivity contribution in [1.82, 2.24) is 20.0 Å². The molecule has 7 nitrogen and oxygen atoms in total. The zero-order chi connectivity index (χ0) is 22.4. The number of likely N-dealkylation sites (tertiary alicyclic amines) is 2. The van der Waals surface area contributed by atoms with Crippen molar-refractivity contribution in [1.29, 1.82) is 0 Å². The molecule has 2 aliphatic heterocycles. The summed E-state index contributed by atoms with van der Waals surface area (Å²) in [5, 5.41) is 2.84. The van der Waals surface area contributed by atoms with Crippen LogP contribution >= 0.6 is 0 Å². The number of nitrogens with zero attached hydrogens (tertiary/aromatic N) is 3. The summed E-state index contributed by atoms with van der Waals surface area (Å²) in [6.07, 6.45) is -0.483. The second kappa shape index (κ2) is 10.5. The molecule has 0 bridgehead atoms. The molecule has 2 amide bonds. The number of benzene rings is 1. The van der Waals surface area contributed by atoms with Crippen LogP contribution in [-0.2, 0) is 20.9 Å². The van der Waals surface area contributed by atoms with Crippen molar-refractivity contribution in [2.45, 2.75) is 37.9 Å². The third kappa shape index (κ3) is 6.21. The minimum absolute atomic E-state index is 0.0241. The Morgan fingerprint density at radius 1 is 1.26 bits per heavy atom. The molecule has 1 atom stereocenters. The van der Waals surface area contributed by atoms with E-state index < -0.39 is 24.9 Å². The average Bonchev–Trinajstić information content (AvgIpc) is 3.02.